The molecule has 734 valence electrons. The lowest BCUT2D eigenvalue weighted by Crippen LogP contribution is -3.08. The lowest BCUT2D eigenvalue weighted by molar-refractivity contribution is -0.833. The minimum atomic E-state index is -4.27. The zero-order chi connectivity index (χ0) is 96.7. The van der Waals surface area contributed by atoms with Crippen LogP contribution in [0.3, 0.4) is 0 Å². The molecule has 1 N–H and O–H groups in total. The van der Waals surface area contributed by atoms with Gasteiger partial charge in [0.05, 0.1) is 100 Å². The van der Waals surface area contributed by atoms with Gasteiger partial charge in [0.2, 0.25) is 11.0 Å². The minimum Gasteiger partial charge on any atom is -1.00 e. The van der Waals surface area contributed by atoms with E-state index in [2.05, 4.69) is 241 Å². The molecule has 136 heavy (non-hydrogen) atoms. The van der Waals surface area contributed by atoms with Crippen molar-refractivity contribution in [1.29, 1.82) is 0 Å². The van der Waals surface area contributed by atoms with Gasteiger partial charge in [-0.3, -0.25) is 30.8 Å². The van der Waals surface area contributed by atoms with Gasteiger partial charge in [-0.05, 0) is 254 Å². The molecule has 4 aliphatic heterocycles. The summed E-state index contributed by atoms with van der Waals surface area (Å²) in [5, 5.41) is 6.14. The summed E-state index contributed by atoms with van der Waals surface area (Å²) in [5.41, 5.74) is 18.1. The summed E-state index contributed by atoms with van der Waals surface area (Å²) < 4.78 is 177. The summed E-state index contributed by atoms with van der Waals surface area (Å²) in [6, 6.07) is 45.8. The first-order chi connectivity index (χ1) is 62.2. The molecule has 15 rings (SSSR count). The second-order valence-corrected chi connectivity index (χ2v) is 46.1. The van der Waals surface area contributed by atoms with Crippen molar-refractivity contribution in [1.82, 2.24) is 0 Å². The Balaban J connectivity index is 0.000000281. The third-order valence-corrected chi connectivity index (χ3v) is 31.5. The smallest absolute Gasteiger partial charge is 0.762 e. The number of hydrogen-bond donors (Lipinski definition) is 1. The number of ether oxygens (including phenoxy) is 1. The number of aryl methyl sites for hydroxylation is 4. The molecular formula is C99H120B2F8N6O12S9. The van der Waals surface area contributed by atoms with Gasteiger partial charge in [0.1, 0.15) is 34.6 Å². The summed E-state index contributed by atoms with van der Waals surface area (Å²) in [5.74, 6) is 0.842. The minimum absolute atomic E-state index is 0. The second kappa shape index (κ2) is 50.3. The monoisotopic (exact) mass is 2050 g/mol. The van der Waals surface area contributed by atoms with Gasteiger partial charge in [-0.2, -0.15) is 13.5 Å². The van der Waals surface area contributed by atoms with E-state index in [0.717, 1.165) is 145 Å². The molecule has 18 nitrogen and oxygen atoms in total. The van der Waals surface area contributed by atoms with Gasteiger partial charge in [-0.15, -0.1) is 0 Å². The van der Waals surface area contributed by atoms with E-state index in [4.69, 9.17) is 14.0 Å². The fourth-order valence-corrected chi connectivity index (χ4v) is 24.0. The van der Waals surface area contributed by atoms with Crippen molar-refractivity contribution >= 4 is 171 Å². The molecule has 0 bridgehead atoms. The number of aromatic nitrogens is 2. The molecule has 7 aromatic carbocycles. The molecule has 2 aromatic heterocycles. The van der Waals surface area contributed by atoms with E-state index >= 15 is 0 Å². The van der Waals surface area contributed by atoms with Crippen LogP contribution in [0, 0.1) is 24.7 Å². The van der Waals surface area contributed by atoms with E-state index in [1.807, 2.05) is 55.1 Å². The molecule has 37 heteroatoms. The SMILES string of the molecule is C.C.CCN1/C(=C/C2=CC(=C/C3Sc4ccc(SOOC)cc4[NH+]3CC)/CC(C)(C)C2)Sc2ccc(S(C)(=O)=O)cc21.CCN1/C(=C/C2=CC(=C/c3cc[n+](CC)c4ccc(C)cc34)/CC(C)(C)C2)Sc2ccc(S(C)(=O)=O)cc21.CCN1/C(=C/C=C(C)/C=C/c2cc[n+](CC)c3ccc(OC)cc23)Sc2cc(S(C)(=O)=O)ccc21.Cc1ccc(S(=O)(=O)[O-])cc1.FB(F)F.FB(F)F.[F-].[F-]. The largest absolute Gasteiger partial charge is 1.00 e. The van der Waals surface area contributed by atoms with Gasteiger partial charge in [0.25, 0.3) is 0 Å². The first-order valence-corrected chi connectivity index (χ1v) is 53.9. The topological polar surface area (TPSA) is 209 Å². The molecule has 0 amide bonds. The number of nitrogens with zero attached hydrogens (tertiary/aromatic N) is 5. The maximum Gasteiger partial charge on any atom is 0.762 e. The zero-order valence-electron chi connectivity index (χ0n) is 77.9. The van der Waals surface area contributed by atoms with Crippen molar-refractivity contribution in [2.24, 2.45) is 10.8 Å². The summed E-state index contributed by atoms with van der Waals surface area (Å²) in [7, 11) is -18.1. The molecule has 0 fully saturated rings. The van der Waals surface area contributed by atoms with Crippen molar-refractivity contribution in [2.45, 2.75) is 193 Å². The summed E-state index contributed by atoms with van der Waals surface area (Å²) in [4.78, 5) is 19.3. The van der Waals surface area contributed by atoms with Crippen LogP contribution in [0.25, 0.3) is 34.0 Å². The van der Waals surface area contributed by atoms with Gasteiger partial charge < -0.3 is 33.4 Å². The van der Waals surface area contributed by atoms with E-state index in [0.29, 0.717) is 20.1 Å². The predicted molar refractivity (Wildman–Crippen MR) is 543 cm³/mol. The van der Waals surface area contributed by atoms with Crippen LogP contribution in [0.5, 0.6) is 5.75 Å². The first kappa shape index (κ1) is 116. The summed E-state index contributed by atoms with van der Waals surface area (Å²) in [6.07, 6.45) is 34.8. The van der Waals surface area contributed by atoms with Crippen LogP contribution < -0.4 is 42.9 Å². The van der Waals surface area contributed by atoms with E-state index < -0.39 is 54.7 Å². The van der Waals surface area contributed by atoms with Crippen LogP contribution in [0.1, 0.15) is 139 Å². The van der Waals surface area contributed by atoms with Gasteiger partial charge in [0, 0.05) is 88.3 Å². The molecule has 2 aliphatic carbocycles. The number of benzene rings is 7. The third-order valence-electron chi connectivity index (χ3n) is 22.1. The van der Waals surface area contributed by atoms with Crippen molar-refractivity contribution in [3.8, 4) is 5.75 Å². The number of hydrogen-bond acceptors (Lipinski definition) is 20. The van der Waals surface area contributed by atoms with Crippen LogP contribution in [0.15, 0.2) is 294 Å². The van der Waals surface area contributed by atoms with Crippen LogP contribution in [0.2, 0.25) is 0 Å². The molecule has 9 aromatic rings. The highest BCUT2D eigenvalue weighted by atomic mass is 32.2. The predicted octanol–water partition coefficient (Wildman–Crippen LogP) is 18.2. The highest BCUT2D eigenvalue weighted by molar-refractivity contribution is 8.04. The quantitative estimate of drug-likeness (QED) is 0.0104. The van der Waals surface area contributed by atoms with Crippen molar-refractivity contribution < 1.29 is 102 Å². The number of anilines is 3. The Hall–Kier alpha value is -8.82. The number of nitrogens with one attached hydrogen (secondary N) is 1. The fourth-order valence-electron chi connectivity index (χ4n) is 16.2. The van der Waals surface area contributed by atoms with E-state index in [1.165, 1.54) is 115 Å². The summed E-state index contributed by atoms with van der Waals surface area (Å²) >= 11 is 8.21. The average Bonchev–Trinajstić information content (AvgIpc) is 1.46. The average molecular weight is 2050 g/mol. The molecule has 0 spiro atoms. The first-order valence-electron chi connectivity index (χ1n) is 42.7. The van der Waals surface area contributed by atoms with Gasteiger partial charge in [-0.1, -0.05) is 161 Å². The maximum absolute atomic E-state index is 12.2. The second-order valence-electron chi connectivity index (χ2n) is 33.6. The molecule has 0 saturated carbocycles. The number of pyridine rings is 2. The number of fused-ring (bicyclic) bond motifs is 6. The highest BCUT2D eigenvalue weighted by Crippen LogP contribution is 2.52. The van der Waals surface area contributed by atoms with E-state index in [1.54, 1.807) is 78.8 Å². The number of thioether (sulfide) groups is 4. The normalized spacial score (nSPS) is 17.7. The lowest BCUT2D eigenvalue weighted by Gasteiger charge is -2.31. The van der Waals surface area contributed by atoms with E-state index in [-0.39, 0.29) is 40.0 Å². The molecular weight excluding hydrogens is 1930 g/mol. The van der Waals surface area contributed by atoms with Crippen LogP contribution in [0.4, 0.5) is 48.6 Å². The number of sulfone groups is 3. The van der Waals surface area contributed by atoms with Crippen molar-refractivity contribution in [2.75, 3.05) is 73.9 Å². The highest BCUT2D eigenvalue weighted by Gasteiger charge is 2.37. The third kappa shape index (κ3) is 31.1. The molecule has 6 heterocycles. The Morgan fingerprint density at radius 2 is 0.993 bits per heavy atom. The zero-order valence-corrected chi connectivity index (χ0v) is 85.3. The Morgan fingerprint density at radius 3 is 1.49 bits per heavy atom. The van der Waals surface area contributed by atoms with Gasteiger partial charge in [0.15, 0.2) is 47.3 Å². The lowest BCUT2D eigenvalue weighted by atomic mass is 9.75. The van der Waals surface area contributed by atoms with Crippen LogP contribution in [-0.4, -0.2) is 118 Å². The summed E-state index contributed by atoms with van der Waals surface area (Å²) in [6.45, 7) is 33.5. The van der Waals surface area contributed by atoms with Crippen molar-refractivity contribution in [3.63, 3.8) is 0 Å². The number of methoxy groups -OCH3 is 1. The molecule has 0 radical (unpaired) electrons. The van der Waals surface area contributed by atoms with Crippen molar-refractivity contribution in [3.05, 3.63) is 272 Å². The number of likely N-dealkylation sites (N-methyl/N-ethyl adjacent to an activating group) is 1. The number of rotatable bonds is 21. The van der Waals surface area contributed by atoms with E-state index in [9.17, 15) is 64.1 Å². The fraction of sp³-hybridized carbons (Fsp3) is 0.333. The van der Waals surface area contributed by atoms with Crippen LogP contribution in [-0.2, 0) is 61.9 Å². The Kier molecular flexibility index (Phi) is 42.9. The Morgan fingerprint density at radius 1 is 0.537 bits per heavy atom. The Bertz CT molecular complexity index is 6550. The molecule has 0 saturated heterocycles. The van der Waals surface area contributed by atoms with Gasteiger partial charge in [-0.25, -0.2) is 38.6 Å². The number of allylic oxidation sites excluding steroid dienone is 12. The van der Waals surface area contributed by atoms with Gasteiger partial charge >= 0.3 is 15.1 Å². The van der Waals surface area contributed by atoms with Crippen LogP contribution >= 0.6 is 59.1 Å². The molecule has 2 unspecified atom stereocenters. The number of halogens is 8. The molecule has 6 aliphatic rings. The Labute approximate surface area is 820 Å². The maximum atomic E-state index is 12.2. The number of quaternary nitrogens is 1. The standard InChI is InChI=1S/C32H37N2O2S2.C30H36N2O4S4.C28H31N2O3S2.C7H8O3S.2CH4.2BF3.2FH/c1-7-33-14-13-25(27-15-22(3)9-11-28(27)33)17-23-16-24(21-32(4,5)20-23)18-31-34(8-2)29-19-26(38(6,35)36)10-12-30(29)37-31;1-7-31-24-16-22(39-36-35-5)9-11-26(24)37-28(31)14-20-13-21(19-30(3,4)18-20)15-29-32(8-2)25-17-23(40(6,33)34)10-12-27(25)38-29;1-6-29-17-16-21(24-18-22(33-4)11-13-25(24)29)10-8-20(3)9-15-28-30(7-2)26-14-12-23(35(5,31)32)19-27(26)34-28;1-6-2-4-7(5-3-6)11(8,9)10;;;2*2-1(3)4;;/h9-19H,7-8,20-21H2,1-6H3;9-17,28H,7-8,18-19H2,1-6H3;8-19H,6-7H2,1-5H3;2-5H,1H3,(H,8,9,10);2*1H4;;;2*1H/q+1;;+1;;;;;;;/p-2/b;20-14-,29-15-;;;;;;;;. The molecule has 2 atom stereocenters.